The second-order valence-electron chi connectivity index (χ2n) is 5.67. The molecule has 0 aliphatic rings. The van der Waals surface area contributed by atoms with Crippen molar-refractivity contribution in [2.75, 3.05) is 53.2 Å². The van der Waals surface area contributed by atoms with Crippen LogP contribution in [-0.4, -0.2) is 59.1 Å². The number of ether oxygens (including phenoxy) is 3. The molecule has 0 unspecified atom stereocenters. The maximum Gasteiger partial charge on any atom is 0.191 e. The molecule has 142 valence electrons. The third kappa shape index (κ3) is 11.4. The van der Waals surface area contributed by atoms with E-state index in [2.05, 4.69) is 29.5 Å². The van der Waals surface area contributed by atoms with E-state index in [1.807, 2.05) is 24.3 Å². The van der Waals surface area contributed by atoms with Crippen LogP contribution in [0.3, 0.4) is 0 Å². The molecule has 1 aromatic rings. The van der Waals surface area contributed by atoms with E-state index in [-0.39, 0.29) is 0 Å². The SMILES string of the molecule is CCCCOCCOCCNC(=NC)NCCOc1ccc(C)cc1. The average molecular weight is 351 g/mol. The number of nitrogens with zero attached hydrogens (tertiary/aromatic N) is 1. The van der Waals surface area contributed by atoms with Crippen molar-refractivity contribution < 1.29 is 14.2 Å². The predicted molar refractivity (Wildman–Crippen MR) is 103 cm³/mol. The van der Waals surface area contributed by atoms with E-state index in [4.69, 9.17) is 14.2 Å². The molecule has 0 radical (unpaired) electrons. The lowest BCUT2D eigenvalue weighted by Gasteiger charge is -2.13. The highest BCUT2D eigenvalue weighted by atomic mass is 16.5. The Balaban J connectivity index is 1.98. The first-order chi connectivity index (χ1) is 12.3. The van der Waals surface area contributed by atoms with Gasteiger partial charge in [-0.05, 0) is 25.5 Å². The molecule has 0 saturated carbocycles. The number of hydrogen-bond donors (Lipinski definition) is 2. The van der Waals surface area contributed by atoms with Crippen LogP contribution in [0.15, 0.2) is 29.3 Å². The Bertz CT molecular complexity index is 463. The molecule has 0 bridgehead atoms. The Morgan fingerprint density at radius 1 is 0.920 bits per heavy atom. The first kappa shape index (κ1) is 21.3. The minimum absolute atomic E-state index is 0.579. The summed E-state index contributed by atoms with van der Waals surface area (Å²) in [6.07, 6.45) is 2.27. The molecule has 0 aliphatic carbocycles. The average Bonchev–Trinajstić information content (AvgIpc) is 2.63. The van der Waals surface area contributed by atoms with Gasteiger partial charge in [-0.1, -0.05) is 31.0 Å². The first-order valence-corrected chi connectivity index (χ1v) is 9.05. The summed E-state index contributed by atoms with van der Waals surface area (Å²) in [6, 6.07) is 8.04. The zero-order chi connectivity index (χ0) is 18.2. The van der Waals surface area contributed by atoms with Crippen LogP contribution in [0.25, 0.3) is 0 Å². The lowest BCUT2D eigenvalue weighted by atomic mass is 10.2. The Kier molecular flexibility index (Phi) is 12.4. The summed E-state index contributed by atoms with van der Waals surface area (Å²) >= 11 is 0. The number of nitrogens with one attached hydrogen (secondary N) is 2. The predicted octanol–water partition coefficient (Wildman–Crippen LogP) is 2.37. The van der Waals surface area contributed by atoms with Crippen molar-refractivity contribution in [3.63, 3.8) is 0 Å². The minimum Gasteiger partial charge on any atom is -0.492 e. The van der Waals surface area contributed by atoms with E-state index < -0.39 is 0 Å². The van der Waals surface area contributed by atoms with E-state index >= 15 is 0 Å². The maximum absolute atomic E-state index is 5.67. The van der Waals surface area contributed by atoms with Crippen molar-refractivity contribution in [1.29, 1.82) is 0 Å². The second-order valence-corrected chi connectivity index (χ2v) is 5.67. The van der Waals surface area contributed by atoms with Crippen LogP contribution < -0.4 is 15.4 Å². The highest BCUT2D eigenvalue weighted by molar-refractivity contribution is 5.79. The number of benzene rings is 1. The third-order valence-corrected chi connectivity index (χ3v) is 3.46. The van der Waals surface area contributed by atoms with Crippen molar-refractivity contribution in [2.45, 2.75) is 26.7 Å². The van der Waals surface area contributed by atoms with E-state index in [1.54, 1.807) is 7.05 Å². The molecule has 0 heterocycles. The quantitative estimate of drug-likeness (QED) is 0.324. The summed E-state index contributed by atoms with van der Waals surface area (Å²) in [4.78, 5) is 4.17. The summed E-state index contributed by atoms with van der Waals surface area (Å²) in [5, 5.41) is 6.41. The van der Waals surface area contributed by atoms with Gasteiger partial charge in [0.15, 0.2) is 5.96 Å². The summed E-state index contributed by atoms with van der Waals surface area (Å²) in [5.41, 5.74) is 1.23. The zero-order valence-corrected chi connectivity index (χ0v) is 15.8. The number of guanidine groups is 1. The maximum atomic E-state index is 5.67. The van der Waals surface area contributed by atoms with Gasteiger partial charge in [0.05, 0.1) is 26.4 Å². The third-order valence-electron chi connectivity index (χ3n) is 3.46. The molecule has 0 amide bonds. The van der Waals surface area contributed by atoms with Gasteiger partial charge in [0, 0.05) is 20.2 Å². The number of unbranched alkanes of at least 4 members (excludes halogenated alkanes) is 1. The number of aryl methyl sites for hydroxylation is 1. The highest BCUT2D eigenvalue weighted by Gasteiger charge is 1.98. The van der Waals surface area contributed by atoms with Crippen LogP contribution in [0.5, 0.6) is 5.75 Å². The van der Waals surface area contributed by atoms with Crippen LogP contribution in [0, 0.1) is 6.92 Å². The molecule has 0 fully saturated rings. The fourth-order valence-corrected chi connectivity index (χ4v) is 2.00. The van der Waals surface area contributed by atoms with Crippen molar-refractivity contribution in [1.82, 2.24) is 10.6 Å². The van der Waals surface area contributed by atoms with Gasteiger partial charge in [-0.3, -0.25) is 4.99 Å². The van der Waals surface area contributed by atoms with E-state index in [0.717, 1.165) is 31.2 Å². The lowest BCUT2D eigenvalue weighted by molar-refractivity contribution is 0.0487. The standard InChI is InChI=1S/C19H33N3O3/c1-4-5-12-23-15-16-24-13-10-21-19(20-3)22-11-14-25-18-8-6-17(2)7-9-18/h6-9H,4-5,10-16H2,1-3H3,(H2,20,21,22). The van der Waals surface area contributed by atoms with E-state index in [0.29, 0.717) is 39.5 Å². The largest absolute Gasteiger partial charge is 0.492 e. The monoisotopic (exact) mass is 351 g/mol. The van der Waals surface area contributed by atoms with Crippen LogP contribution >= 0.6 is 0 Å². The summed E-state index contributed by atoms with van der Waals surface area (Å²) < 4.78 is 16.6. The zero-order valence-electron chi connectivity index (χ0n) is 15.8. The summed E-state index contributed by atoms with van der Waals surface area (Å²) in [6.45, 7) is 8.90. The van der Waals surface area contributed by atoms with Crippen molar-refractivity contribution >= 4 is 5.96 Å². The fraction of sp³-hybridized carbons (Fsp3) is 0.632. The van der Waals surface area contributed by atoms with Gasteiger partial charge in [0.25, 0.3) is 0 Å². The molecule has 0 spiro atoms. The Morgan fingerprint density at radius 3 is 2.20 bits per heavy atom. The van der Waals surface area contributed by atoms with E-state index in [9.17, 15) is 0 Å². The Morgan fingerprint density at radius 2 is 1.56 bits per heavy atom. The fourth-order valence-electron chi connectivity index (χ4n) is 2.00. The van der Waals surface area contributed by atoms with Crippen LogP contribution in [0.4, 0.5) is 0 Å². The van der Waals surface area contributed by atoms with Gasteiger partial charge < -0.3 is 24.8 Å². The molecule has 0 aromatic heterocycles. The normalized spacial score (nSPS) is 11.4. The van der Waals surface area contributed by atoms with Gasteiger partial charge in [-0.2, -0.15) is 0 Å². The molecule has 25 heavy (non-hydrogen) atoms. The van der Waals surface area contributed by atoms with Gasteiger partial charge in [-0.15, -0.1) is 0 Å². The smallest absolute Gasteiger partial charge is 0.191 e. The molecule has 1 aromatic carbocycles. The van der Waals surface area contributed by atoms with Gasteiger partial charge in [0.1, 0.15) is 12.4 Å². The second kappa shape index (κ2) is 14.5. The van der Waals surface area contributed by atoms with Crippen molar-refractivity contribution in [3.8, 4) is 5.75 Å². The van der Waals surface area contributed by atoms with Crippen LogP contribution in [0.2, 0.25) is 0 Å². The van der Waals surface area contributed by atoms with Crippen molar-refractivity contribution in [3.05, 3.63) is 29.8 Å². The highest BCUT2D eigenvalue weighted by Crippen LogP contribution is 2.10. The van der Waals surface area contributed by atoms with Gasteiger partial charge in [-0.25, -0.2) is 0 Å². The molecule has 0 saturated heterocycles. The van der Waals surface area contributed by atoms with E-state index in [1.165, 1.54) is 5.56 Å². The molecule has 0 atom stereocenters. The molecule has 0 aliphatic heterocycles. The first-order valence-electron chi connectivity index (χ1n) is 9.05. The molecular formula is C19H33N3O3. The van der Waals surface area contributed by atoms with Gasteiger partial charge >= 0.3 is 0 Å². The molecule has 6 nitrogen and oxygen atoms in total. The molecule has 6 heteroatoms. The molecule has 2 N–H and O–H groups in total. The molecular weight excluding hydrogens is 318 g/mol. The van der Waals surface area contributed by atoms with Crippen LogP contribution in [-0.2, 0) is 9.47 Å². The number of aliphatic imine (C=N–C) groups is 1. The van der Waals surface area contributed by atoms with Gasteiger partial charge in [0.2, 0.25) is 0 Å². The van der Waals surface area contributed by atoms with Crippen LogP contribution in [0.1, 0.15) is 25.3 Å². The summed E-state index contributed by atoms with van der Waals surface area (Å²) in [5.74, 6) is 1.63. The summed E-state index contributed by atoms with van der Waals surface area (Å²) in [7, 11) is 1.75. The Hall–Kier alpha value is -1.79. The number of rotatable bonds is 13. The number of hydrogen-bond acceptors (Lipinski definition) is 4. The minimum atomic E-state index is 0.579. The topological polar surface area (TPSA) is 64.1 Å². The molecule has 1 rings (SSSR count). The lowest BCUT2D eigenvalue weighted by Crippen LogP contribution is -2.40. The Labute approximate surface area is 152 Å². The van der Waals surface area contributed by atoms with Crippen molar-refractivity contribution in [2.24, 2.45) is 4.99 Å².